The summed E-state index contributed by atoms with van der Waals surface area (Å²) in [7, 11) is 1.95. The number of hydrogen-bond acceptors (Lipinski definition) is 3. The fourth-order valence-corrected chi connectivity index (χ4v) is 2.06. The molecule has 0 atom stereocenters. The third-order valence-electron chi connectivity index (χ3n) is 3.06. The van der Waals surface area contributed by atoms with Gasteiger partial charge in [0.2, 0.25) is 0 Å². The average Bonchev–Trinajstić information content (AvgIpc) is 2.42. The summed E-state index contributed by atoms with van der Waals surface area (Å²) in [6.45, 7) is 3.20. The van der Waals surface area contributed by atoms with Crippen LogP contribution in [-0.4, -0.2) is 13.7 Å². The zero-order valence-corrected chi connectivity index (χ0v) is 11.8. The molecule has 2 rings (SSSR count). The second-order valence-electron chi connectivity index (χ2n) is 4.63. The highest BCUT2D eigenvalue weighted by Gasteiger charge is 2.08. The predicted octanol–water partition coefficient (Wildman–Crippen LogP) is 3.44. The van der Waals surface area contributed by atoms with Gasteiger partial charge in [0.1, 0.15) is 11.6 Å². The van der Waals surface area contributed by atoms with Crippen LogP contribution in [0.25, 0.3) is 0 Å². The van der Waals surface area contributed by atoms with Crippen LogP contribution in [0.4, 0.5) is 15.8 Å². The van der Waals surface area contributed by atoms with Crippen molar-refractivity contribution in [2.45, 2.75) is 13.5 Å². The minimum absolute atomic E-state index is 0.235. The van der Waals surface area contributed by atoms with Crippen LogP contribution in [0.3, 0.4) is 0 Å². The zero-order valence-electron chi connectivity index (χ0n) is 11.8. The normalized spacial score (nSPS) is 10.3. The minimum atomic E-state index is -0.235. The van der Waals surface area contributed by atoms with Gasteiger partial charge in [-0.2, -0.15) is 0 Å². The van der Waals surface area contributed by atoms with E-state index in [4.69, 9.17) is 10.5 Å². The molecule has 0 aliphatic rings. The lowest BCUT2D eigenvalue weighted by Gasteiger charge is -2.21. The third-order valence-corrected chi connectivity index (χ3v) is 3.06. The van der Waals surface area contributed by atoms with E-state index in [-0.39, 0.29) is 5.82 Å². The number of hydrogen-bond donors (Lipinski definition) is 1. The molecule has 0 aromatic heterocycles. The summed E-state index contributed by atoms with van der Waals surface area (Å²) >= 11 is 0. The maximum atomic E-state index is 12.9. The number of ether oxygens (including phenoxy) is 1. The second kappa shape index (κ2) is 6.28. The fraction of sp³-hybridized carbons (Fsp3) is 0.250. The van der Waals surface area contributed by atoms with Gasteiger partial charge in [-0.3, -0.25) is 0 Å². The van der Waals surface area contributed by atoms with E-state index in [0.29, 0.717) is 18.8 Å². The molecule has 0 bridgehead atoms. The van der Waals surface area contributed by atoms with Gasteiger partial charge >= 0.3 is 0 Å². The molecule has 0 fully saturated rings. The molecule has 0 spiro atoms. The summed E-state index contributed by atoms with van der Waals surface area (Å²) in [6, 6.07) is 12.0. The van der Waals surface area contributed by atoms with Crippen molar-refractivity contribution in [3.63, 3.8) is 0 Å². The number of nitrogens with two attached hydrogens (primary N) is 1. The summed E-state index contributed by atoms with van der Waals surface area (Å²) in [5.41, 5.74) is 8.49. The lowest BCUT2D eigenvalue weighted by atomic mass is 10.1. The van der Waals surface area contributed by atoms with Gasteiger partial charge in [-0.25, -0.2) is 4.39 Å². The second-order valence-corrected chi connectivity index (χ2v) is 4.63. The van der Waals surface area contributed by atoms with E-state index in [9.17, 15) is 4.39 Å². The first-order chi connectivity index (χ1) is 9.60. The third kappa shape index (κ3) is 3.41. The van der Waals surface area contributed by atoms with Crippen molar-refractivity contribution >= 4 is 11.4 Å². The highest BCUT2D eigenvalue weighted by atomic mass is 19.1. The smallest absolute Gasteiger partial charge is 0.124 e. The zero-order chi connectivity index (χ0) is 14.5. The number of benzene rings is 2. The van der Waals surface area contributed by atoms with Gasteiger partial charge in [0.25, 0.3) is 0 Å². The number of nitrogen functional groups attached to an aromatic ring is 1. The van der Waals surface area contributed by atoms with Crippen LogP contribution in [0.1, 0.15) is 12.5 Å². The molecule has 0 amide bonds. The minimum Gasteiger partial charge on any atom is -0.494 e. The lowest BCUT2D eigenvalue weighted by Crippen LogP contribution is -2.17. The van der Waals surface area contributed by atoms with Crippen LogP contribution >= 0.6 is 0 Å². The molecule has 2 aromatic rings. The molecule has 0 heterocycles. The Morgan fingerprint density at radius 2 is 1.85 bits per heavy atom. The molecule has 2 N–H and O–H groups in total. The molecule has 0 aliphatic heterocycles. The molecule has 106 valence electrons. The number of rotatable bonds is 5. The van der Waals surface area contributed by atoms with Crippen molar-refractivity contribution in [3.05, 3.63) is 53.8 Å². The van der Waals surface area contributed by atoms with Crippen molar-refractivity contribution in [3.8, 4) is 5.75 Å². The highest BCUT2D eigenvalue weighted by Crippen LogP contribution is 2.25. The molecule has 2 aromatic carbocycles. The summed E-state index contributed by atoms with van der Waals surface area (Å²) in [4.78, 5) is 2.02. The van der Waals surface area contributed by atoms with Crippen LogP contribution < -0.4 is 15.4 Å². The monoisotopic (exact) mass is 274 g/mol. The van der Waals surface area contributed by atoms with Crippen LogP contribution in [-0.2, 0) is 6.54 Å². The Hall–Kier alpha value is -2.23. The van der Waals surface area contributed by atoms with E-state index in [2.05, 4.69) is 0 Å². The van der Waals surface area contributed by atoms with Gasteiger partial charge in [0, 0.05) is 30.5 Å². The first-order valence-corrected chi connectivity index (χ1v) is 6.58. The summed E-state index contributed by atoms with van der Waals surface area (Å²) in [6.07, 6.45) is 0. The van der Waals surface area contributed by atoms with Gasteiger partial charge in [-0.1, -0.05) is 0 Å². The topological polar surface area (TPSA) is 38.5 Å². The quantitative estimate of drug-likeness (QED) is 0.849. The van der Waals surface area contributed by atoms with Crippen molar-refractivity contribution in [1.29, 1.82) is 0 Å². The average molecular weight is 274 g/mol. The van der Waals surface area contributed by atoms with Gasteiger partial charge in [-0.15, -0.1) is 0 Å². The first-order valence-electron chi connectivity index (χ1n) is 6.58. The van der Waals surface area contributed by atoms with E-state index in [0.717, 1.165) is 17.0 Å². The van der Waals surface area contributed by atoms with Crippen LogP contribution in [0.5, 0.6) is 5.75 Å². The predicted molar refractivity (Wildman–Crippen MR) is 80.5 cm³/mol. The first kappa shape index (κ1) is 14.2. The summed E-state index contributed by atoms with van der Waals surface area (Å²) < 4.78 is 18.5. The Morgan fingerprint density at radius 1 is 1.15 bits per heavy atom. The standard InChI is InChI=1S/C16H19FN2O/c1-3-20-16-9-6-14(18)10-12(16)11-19(2)15-7-4-13(17)5-8-15/h4-10H,3,11,18H2,1-2H3. The van der Waals surface area contributed by atoms with Crippen LogP contribution in [0.15, 0.2) is 42.5 Å². The van der Waals surface area contributed by atoms with E-state index in [1.165, 1.54) is 12.1 Å². The SMILES string of the molecule is CCOc1ccc(N)cc1CN(C)c1ccc(F)cc1. The maximum absolute atomic E-state index is 12.9. The molecular weight excluding hydrogens is 255 g/mol. The Morgan fingerprint density at radius 3 is 2.50 bits per heavy atom. The summed E-state index contributed by atoms with van der Waals surface area (Å²) in [5.74, 6) is 0.594. The molecule has 4 heteroatoms. The fourth-order valence-electron chi connectivity index (χ4n) is 2.06. The van der Waals surface area contributed by atoms with E-state index in [1.807, 2.05) is 37.1 Å². The van der Waals surface area contributed by atoms with Gasteiger partial charge in [-0.05, 0) is 49.4 Å². The van der Waals surface area contributed by atoms with Gasteiger partial charge < -0.3 is 15.4 Å². The Labute approximate surface area is 118 Å². The van der Waals surface area contributed by atoms with E-state index >= 15 is 0 Å². The largest absolute Gasteiger partial charge is 0.494 e. The summed E-state index contributed by atoms with van der Waals surface area (Å²) in [5, 5.41) is 0. The van der Waals surface area contributed by atoms with Crippen molar-refractivity contribution in [2.24, 2.45) is 0 Å². The maximum Gasteiger partial charge on any atom is 0.124 e. The number of anilines is 2. The van der Waals surface area contributed by atoms with Gasteiger partial charge in [0.05, 0.1) is 6.61 Å². The molecule has 0 saturated carbocycles. The Bertz CT molecular complexity index is 569. The van der Waals surface area contributed by atoms with E-state index < -0.39 is 0 Å². The number of nitrogens with zero attached hydrogens (tertiary/aromatic N) is 1. The van der Waals surface area contributed by atoms with E-state index in [1.54, 1.807) is 12.1 Å². The van der Waals surface area contributed by atoms with Crippen molar-refractivity contribution in [1.82, 2.24) is 0 Å². The number of halogens is 1. The molecule has 0 saturated heterocycles. The van der Waals surface area contributed by atoms with Crippen molar-refractivity contribution < 1.29 is 9.13 Å². The Balaban J connectivity index is 2.20. The van der Waals surface area contributed by atoms with Crippen LogP contribution in [0, 0.1) is 5.82 Å². The highest BCUT2D eigenvalue weighted by molar-refractivity contribution is 5.51. The lowest BCUT2D eigenvalue weighted by molar-refractivity contribution is 0.336. The molecule has 0 radical (unpaired) electrons. The molecular formula is C16H19FN2O. The Kier molecular flexibility index (Phi) is 4.45. The molecule has 20 heavy (non-hydrogen) atoms. The molecule has 0 unspecified atom stereocenters. The van der Waals surface area contributed by atoms with Crippen molar-refractivity contribution in [2.75, 3.05) is 24.3 Å². The molecule has 0 aliphatic carbocycles. The van der Waals surface area contributed by atoms with Gasteiger partial charge in [0.15, 0.2) is 0 Å². The van der Waals surface area contributed by atoms with Crippen LogP contribution in [0.2, 0.25) is 0 Å². The molecule has 3 nitrogen and oxygen atoms in total.